The predicted molar refractivity (Wildman–Crippen MR) is 112 cm³/mol. The van der Waals surface area contributed by atoms with Crippen LogP contribution in [0.2, 0.25) is 0 Å². The van der Waals surface area contributed by atoms with E-state index < -0.39 is 11.9 Å². The molecule has 1 aromatic carbocycles. The first-order valence-corrected chi connectivity index (χ1v) is 9.30. The van der Waals surface area contributed by atoms with E-state index in [0.717, 1.165) is 24.8 Å². The monoisotopic (exact) mass is 420 g/mol. The van der Waals surface area contributed by atoms with E-state index in [1.165, 1.54) is 16.5 Å². The molecule has 9 N–H and O–H groups in total. The molecule has 1 aliphatic rings. The number of amides is 2. The van der Waals surface area contributed by atoms with Gasteiger partial charge in [-0.25, -0.2) is 14.4 Å². The quantitative estimate of drug-likeness (QED) is 0.355. The molecule has 164 valence electrons. The lowest BCUT2D eigenvalue weighted by molar-refractivity contribution is -0.134. The van der Waals surface area contributed by atoms with Crippen molar-refractivity contribution >= 4 is 28.9 Å². The van der Waals surface area contributed by atoms with Crippen molar-refractivity contribution in [3.8, 4) is 0 Å². The van der Waals surface area contributed by atoms with Crippen molar-refractivity contribution in [1.82, 2.24) is 15.6 Å². The SMILES string of the molecule is CC1NC(=O)NC1CCc1ccc2[nH]cc(CCN)c2c1.O.O=C(O)/C=C\C(=O)O. The number of hydrogen-bond acceptors (Lipinski definition) is 4. The van der Waals surface area contributed by atoms with Crippen LogP contribution >= 0.6 is 0 Å². The van der Waals surface area contributed by atoms with Gasteiger partial charge in [-0.1, -0.05) is 6.07 Å². The summed E-state index contributed by atoms with van der Waals surface area (Å²) in [7, 11) is 0. The Morgan fingerprint density at radius 2 is 1.80 bits per heavy atom. The molecular formula is C20H28N4O6. The number of benzene rings is 1. The Kier molecular flexibility index (Phi) is 9.53. The molecule has 10 heteroatoms. The summed E-state index contributed by atoms with van der Waals surface area (Å²) in [5, 5.41) is 22.7. The van der Waals surface area contributed by atoms with Crippen LogP contribution in [0.15, 0.2) is 36.5 Å². The lowest BCUT2D eigenvalue weighted by atomic mass is 10.00. The number of rotatable bonds is 7. The Balaban J connectivity index is 0.000000431. The molecule has 1 saturated heterocycles. The van der Waals surface area contributed by atoms with Gasteiger partial charge in [0, 0.05) is 35.3 Å². The number of H-pyrrole nitrogens is 1. The van der Waals surface area contributed by atoms with Crippen molar-refractivity contribution in [2.75, 3.05) is 6.54 Å². The number of carboxylic acids is 2. The maximum atomic E-state index is 11.3. The van der Waals surface area contributed by atoms with Gasteiger partial charge in [-0.15, -0.1) is 0 Å². The van der Waals surface area contributed by atoms with Gasteiger partial charge in [-0.05, 0) is 56.0 Å². The molecule has 2 amide bonds. The number of urea groups is 1. The average Bonchev–Trinajstić information content (AvgIpc) is 3.21. The summed E-state index contributed by atoms with van der Waals surface area (Å²) >= 11 is 0. The third-order valence-electron chi connectivity index (χ3n) is 4.64. The third kappa shape index (κ3) is 7.22. The standard InChI is InChI=1S/C16H22N4O.C4H4O4.H2O/c1-10-14(20-16(21)19-10)4-2-11-3-5-15-13(8-11)12(6-7-17)9-18-15;5-3(6)1-2-4(7)8;/h3,5,8-10,14,18H,2,4,6-7,17H2,1H3,(H2,19,20,21);1-2H,(H,5,6)(H,7,8);1H2/b;2-1-;. The first-order valence-electron chi connectivity index (χ1n) is 9.30. The van der Waals surface area contributed by atoms with Crippen molar-refractivity contribution < 1.29 is 30.1 Å². The number of carbonyl (C=O) groups is 3. The highest BCUT2D eigenvalue weighted by Crippen LogP contribution is 2.21. The Morgan fingerprint density at radius 3 is 2.33 bits per heavy atom. The number of carbonyl (C=O) groups excluding carboxylic acids is 1. The second-order valence-corrected chi connectivity index (χ2v) is 6.79. The van der Waals surface area contributed by atoms with Crippen molar-refractivity contribution in [2.45, 2.75) is 38.3 Å². The zero-order valence-corrected chi connectivity index (χ0v) is 16.6. The van der Waals surface area contributed by atoms with Crippen molar-refractivity contribution in [3.05, 3.63) is 47.7 Å². The highest BCUT2D eigenvalue weighted by Gasteiger charge is 2.27. The number of nitrogens with two attached hydrogens (primary N) is 1. The molecule has 10 nitrogen and oxygen atoms in total. The van der Waals surface area contributed by atoms with Gasteiger partial charge in [-0.2, -0.15) is 0 Å². The van der Waals surface area contributed by atoms with Gasteiger partial charge in [0.2, 0.25) is 0 Å². The van der Waals surface area contributed by atoms with E-state index >= 15 is 0 Å². The van der Waals surface area contributed by atoms with Crippen molar-refractivity contribution in [2.24, 2.45) is 5.73 Å². The second-order valence-electron chi connectivity index (χ2n) is 6.79. The third-order valence-corrected chi connectivity index (χ3v) is 4.64. The lowest BCUT2D eigenvalue weighted by Gasteiger charge is -2.13. The van der Waals surface area contributed by atoms with Gasteiger partial charge in [0.25, 0.3) is 0 Å². The molecule has 2 unspecified atom stereocenters. The number of carboxylic acid groups (broad SMARTS) is 2. The Labute approximate surface area is 173 Å². The molecule has 0 bridgehead atoms. The summed E-state index contributed by atoms with van der Waals surface area (Å²) in [6.07, 6.45) is 5.96. The van der Waals surface area contributed by atoms with Crippen LogP contribution in [-0.2, 0) is 22.4 Å². The van der Waals surface area contributed by atoms with Gasteiger partial charge < -0.3 is 37.0 Å². The minimum Gasteiger partial charge on any atom is -0.478 e. The van der Waals surface area contributed by atoms with Gasteiger partial charge in [0.05, 0.1) is 6.04 Å². The summed E-state index contributed by atoms with van der Waals surface area (Å²) in [6.45, 7) is 2.70. The lowest BCUT2D eigenvalue weighted by Crippen LogP contribution is -2.31. The molecule has 1 aliphatic heterocycles. The molecule has 0 radical (unpaired) electrons. The summed E-state index contributed by atoms with van der Waals surface area (Å²) in [4.78, 5) is 33.7. The molecule has 0 aliphatic carbocycles. The van der Waals surface area contributed by atoms with E-state index in [9.17, 15) is 14.4 Å². The predicted octanol–water partition coefficient (Wildman–Crippen LogP) is 0.559. The van der Waals surface area contributed by atoms with Gasteiger partial charge in [0.1, 0.15) is 0 Å². The highest BCUT2D eigenvalue weighted by atomic mass is 16.4. The molecule has 2 heterocycles. The molecule has 0 spiro atoms. The van der Waals surface area contributed by atoms with E-state index in [2.05, 4.69) is 33.8 Å². The van der Waals surface area contributed by atoms with E-state index in [-0.39, 0.29) is 23.6 Å². The van der Waals surface area contributed by atoms with Crippen LogP contribution < -0.4 is 16.4 Å². The largest absolute Gasteiger partial charge is 0.478 e. The van der Waals surface area contributed by atoms with Gasteiger partial charge in [0.15, 0.2) is 0 Å². The molecule has 0 saturated carbocycles. The molecule has 3 rings (SSSR count). The Hall–Kier alpha value is -3.37. The van der Waals surface area contributed by atoms with Crippen LogP contribution in [0.1, 0.15) is 24.5 Å². The topological polar surface area (TPSA) is 189 Å². The van der Waals surface area contributed by atoms with E-state index in [4.69, 9.17) is 15.9 Å². The number of aromatic nitrogens is 1. The molecule has 1 fully saturated rings. The van der Waals surface area contributed by atoms with Crippen LogP contribution in [0.25, 0.3) is 10.9 Å². The van der Waals surface area contributed by atoms with Crippen LogP contribution in [-0.4, -0.2) is 57.3 Å². The minimum absolute atomic E-state index is 0. The second kappa shape index (κ2) is 11.6. The summed E-state index contributed by atoms with van der Waals surface area (Å²) < 4.78 is 0. The number of hydrogen-bond donors (Lipinski definition) is 6. The fourth-order valence-corrected chi connectivity index (χ4v) is 3.17. The first kappa shape index (κ1) is 24.7. The van der Waals surface area contributed by atoms with E-state index in [1.54, 1.807) is 0 Å². The number of aryl methyl sites for hydroxylation is 1. The Morgan fingerprint density at radius 1 is 1.13 bits per heavy atom. The molecule has 30 heavy (non-hydrogen) atoms. The summed E-state index contributed by atoms with van der Waals surface area (Å²) in [5.41, 5.74) is 9.39. The summed E-state index contributed by atoms with van der Waals surface area (Å²) in [6, 6.07) is 6.87. The van der Waals surface area contributed by atoms with Gasteiger partial charge in [-0.3, -0.25) is 0 Å². The zero-order valence-electron chi connectivity index (χ0n) is 16.6. The minimum atomic E-state index is -1.26. The summed E-state index contributed by atoms with van der Waals surface area (Å²) in [5.74, 6) is -2.51. The number of aromatic amines is 1. The van der Waals surface area contributed by atoms with Crippen LogP contribution in [0.5, 0.6) is 0 Å². The molecule has 1 aromatic heterocycles. The Bertz CT molecular complexity index is 892. The van der Waals surface area contributed by atoms with Crippen molar-refractivity contribution in [1.29, 1.82) is 0 Å². The first-order chi connectivity index (χ1) is 13.8. The van der Waals surface area contributed by atoms with E-state index in [0.29, 0.717) is 18.7 Å². The normalized spacial score (nSPS) is 17.6. The van der Waals surface area contributed by atoms with Gasteiger partial charge >= 0.3 is 18.0 Å². The average molecular weight is 420 g/mol. The smallest absolute Gasteiger partial charge is 0.328 e. The molecule has 2 aromatic rings. The van der Waals surface area contributed by atoms with Crippen LogP contribution in [0, 0.1) is 0 Å². The fourth-order valence-electron chi connectivity index (χ4n) is 3.17. The molecular weight excluding hydrogens is 392 g/mol. The fraction of sp³-hybridized carbons (Fsp3) is 0.350. The maximum absolute atomic E-state index is 11.3. The van der Waals surface area contributed by atoms with Crippen LogP contribution in [0.3, 0.4) is 0 Å². The number of nitrogens with one attached hydrogen (secondary N) is 3. The zero-order chi connectivity index (χ0) is 21.4. The highest BCUT2D eigenvalue weighted by molar-refractivity contribution is 5.89. The number of aliphatic carboxylic acids is 2. The maximum Gasteiger partial charge on any atom is 0.328 e. The van der Waals surface area contributed by atoms with E-state index in [1.807, 2.05) is 13.1 Å². The van der Waals surface area contributed by atoms with Crippen LogP contribution in [0.4, 0.5) is 4.79 Å². The molecule has 2 atom stereocenters. The number of fused-ring (bicyclic) bond motifs is 1. The van der Waals surface area contributed by atoms with Crippen molar-refractivity contribution in [3.63, 3.8) is 0 Å².